The Labute approximate surface area is 181 Å². The molecule has 27 heavy (non-hydrogen) atoms. The number of benzene rings is 1. The quantitative estimate of drug-likeness (QED) is 0.410. The average molecular weight is 535 g/mol. The molecule has 1 amide bonds. The summed E-state index contributed by atoms with van der Waals surface area (Å²) in [6, 6.07) is 5.41. The number of sulfonamides is 1. The standard InChI is InChI=1S/C19H21Br2NO3S2/c1-3-5-7-13(6-4-2)22-19(23)17-16(27(22,24)25)11-26-18(17)14-9-8-12(20)10-15(14)21/h8-11,13H,3-7H2,1-2H3. The third-order valence-corrected chi connectivity index (χ3v) is 8.90. The van der Waals surface area contributed by atoms with E-state index in [0.29, 0.717) is 23.3 Å². The van der Waals surface area contributed by atoms with Crippen LogP contribution in [0.15, 0.2) is 37.4 Å². The van der Waals surface area contributed by atoms with E-state index in [0.717, 1.165) is 38.1 Å². The van der Waals surface area contributed by atoms with E-state index in [-0.39, 0.29) is 16.8 Å². The molecule has 4 nitrogen and oxygen atoms in total. The van der Waals surface area contributed by atoms with E-state index in [9.17, 15) is 13.2 Å². The first-order chi connectivity index (χ1) is 12.8. The number of unbranched alkanes of at least 4 members (excludes halogenated alkanes) is 1. The van der Waals surface area contributed by atoms with Crippen molar-refractivity contribution in [1.29, 1.82) is 0 Å². The minimum Gasteiger partial charge on any atom is -0.268 e. The van der Waals surface area contributed by atoms with Crippen molar-refractivity contribution in [3.63, 3.8) is 0 Å². The molecule has 0 saturated heterocycles. The number of hydrogen-bond acceptors (Lipinski definition) is 4. The van der Waals surface area contributed by atoms with Gasteiger partial charge in [-0.15, -0.1) is 11.3 Å². The average Bonchev–Trinajstić information content (AvgIpc) is 3.12. The third kappa shape index (κ3) is 3.78. The van der Waals surface area contributed by atoms with Crippen molar-refractivity contribution in [3.05, 3.63) is 38.1 Å². The summed E-state index contributed by atoms with van der Waals surface area (Å²) < 4.78 is 29.2. The van der Waals surface area contributed by atoms with Gasteiger partial charge in [0.25, 0.3) is 15.9 Å². The molecule has 1 aliphatic rings. The fourth-order valence-corrected chi connectivity index (χ4v) is 8.05. The van der Waals surface area contributed by atoms with Crippen molar-refractivity contribution < 1.29 is 13.2 Å². The van der Waals surface area contributed by atoms with Crippen molar-refractivity contribution in [2.75, 3.05) is 0 Å². The Morgan fingerprint density at radius 3 is 2.52 bits per heavy atom. The predicted molar refractivity (Wildman–Crippen MR) is 117 cm³/mol. The largest absolute Gasteiger partial charge is 0.270 e. The second-order valence-electron chi connectivity index (χ2n) is 6.62. The van der Waals surface area contributed by atoms with E-state index in [2.05, 4.69) is 38.8 Å². The van der Waals surface area contributed by atoms with Crippen LogP contribution in [0.5, 0.6) is 0 Å². The Bertz CT molecular complexity index is 969. The summed E-state index contributed by atoms with van der Waals surface area (Å²) >= 11 is 8.26. The number of thiophene rings is 1. The topological polar surface area (TPSA) is 54.5 Å². The second-order valence-corrected chi connectivity index (χ2v) is 11.1. The van der Waals surface area contributed by atoms with Crippen LogP contribution in [0.3, 0.4) is 0 Å². The maximum Gasteiger partial charge on any atom is 0.270 e. The van der Waals surface area contributed by atoms with Crippen LogP contribution in [-0.4, -0.2) is 24.7 Å². The molecule has 0 N–H and O–H groups in total. The van der Waals surface area contributed by atoms with Gasteiger partial charge in [0, 0.05) is 30.8 Å². The summed E-state index contributed by atoms with van der Waals surface area (Å²) in [5, 5.41) is 1.61. The van der Waals surface area contributed by atoms with E-state index >= 15 is 0 Å². The number of amides is 1. The number of fused-ring (bicyclic) bond motifs is 1. The lowest BCUT2D eigenvalue weighted by Crippen LogP contribution is -2.40. The molecule has 1 aromatic heterocycles. The molecular formula is C19H21Br2NO3S2. The van der Waals surface area contributed by atoms with Gasteiger partial charge in [0.2, 0.25) is 0 Å². The first kappa shape index (κ1) is 21.0. The van der Waals surface area contributed by atoms with E-state index in [1.807, 2.05) is 25.1 Å². The minimum absolute atomic E-state index is 0.153. The molecule has 1 unspecified atom stereocenters. The number of carbonyl (C=O) groups is 1. The number of rotatable bonds is 7. The van der Waals surface area contributed by atoms with Crippen molar-refractivity contribution in [2.45, 2.75) is 56.9 Å². The zero-order valence-electron chi connectivity index (χ0n) is 15.2. The van der Waals surface area contributed by atoms with Crippen LogP contribution in [0.2, 0.25) is 0 Å². The molecule has 0 aliphatic carbocycles. The van der Waals surface area contributed by atoms with Crippen molar-refractivity contribution >= 4 is 59.1 Å². The fourth-order valence-electron chi connectivity index (χ4n) is 3.45. The van der Waals surface area contributed by atoms with E-state index in [1.165, 1.54) is 11.3 Å². The maximum absolute atomic E-state index is 13.3. The molecule has 8 heteroatoms. The zero-order chi connectivity index (χ0) is 19.8. The molecule has 0 saturated carbocycles. The highest BCUT2D eigenvalue weighted by Gasteiger charge is 2.47. The van der Waals surface area contributed by atoms with Crippen molar-refractivity contribution in [1.82, 2.24) is 4.31 Å². The van der Waals surface area contributed by atoms with Gasteiger partial charge in [-0.1, -0.05) is 71.0 Å². The number of hydrogen-bond donors (Lipinski definition) is 0. The highest BCUT2D eigenvalue weighted by atomic mass is 79.9. The monoisotopic (exact) mass is 533 g/mol. The van der Waals surface area contributed by atoms with E-state index in [4.69, 9.17) is 0 Å². The van der Waals surface area contributed by atoms with Crippen LogP contribution in [0.25, 0.3) is 10.4 Å². The van der Waals surface area contributed by atoms with Crippen LogP contribution < -0.4 is 0 Å². The van der Waals surface area contributed by atoms with Gasteiger partial charge < -0.3 is 0 Å². The molecule has 1 atom stereocenters. The lowest BCUT2D eigenvalue weighted by Gasteiger charge is -2.26. The molecule has 2 aromatic rings. The number of halogens is 2. The van der Waals surface area contributed by atoms with E-state index in [1.54, 1.807) is 5.38 Å². The van der Waals surface area contributed by atoms with Crippen LogP contribution >= 0.6 is 43.2 Å². The van der Waals surface area contributed by atoms with Crippen molar-refractivity contribution in [3.8, 4) is 10.4 Å². The Kier molecular flexibility index (Phi) is 6.50. The highest BCUT2D eigenvalue weighted by Crippen LogP contribution is 2.45. The highest BCUT2D eigenvalue weighted by molar-refractivity contribution is 9.11. The van der Waals surface area contributed by atoms with Gasteiger partial charge >= 0.3 is 0 Å². The first-order valence-electron chi connectivity index (χ1n) is 8.98. The maximum atomic E-state index is 13.3. The zero-order valence-corrected chi connectivity index (χ0v) is 20.0. The lowest BCUT2D eigenvalue weighted by atomic mass is 10.0. The summed E-state index contributed by atoms with van der Waals surface area (Å²) in [6.45, 7) is 4.09. The molecular weight excluding hydrogens is 514 g/mol. The van der Waals surface area contributed by atoms with Gasteiger partial charge in [-0.25, -0.2) is 12.7 Å². The Hall–Kier alpha value is -0.700. The summed E-state index contributed by atoms with van der Waals surface area (Å²) in [5.74, 6) is -0.384. The molecule has 0 spiro atoms. The molecule has 146 valence electrons. The molecule has 1 aliphatic heterocycles. The molecule has 0 bridgehead atoms. The normalized spacial score (nSPS) is 16.6. The molecule has 2 heterocycles. The second kappa shape index (κ2) is 8.35. The van der Waals surface area contributed by atoms with Gasteiger partial charge in [0.1, 0.15) is 4.90 Å². The van der Waals surface area contributed by atoms with Crippen molar-refractivity contribution in [2.24, 2.45) is 0 Å². The number of carbonyl (C=O) groups excluding carboxylic acids is 1. The Balaban J connectivity index is 2.08. The van der Waals surface area contributed by atoms with E-state index < -0.39 is 10.0 Å². The Morgan fingerprint density at radius 1 is 1.15 bits per heavy atom. The van der Waals surface area contributed by atoms with Gasteiger partial charge in [0.05, 0.1) is 5.56 Å². The van der Waals surface area contributed by atoms with Crippen LogP contribution in [0, 0.1) is 0 Å². The molecule has 1 aromatic carbocycles. The first-order valence-corrected chi connectivity index (χ1v) is 12.9. The van der Waals surface area contributed by atoms with Gasteiger partial charge in [0.15, 0.2) is 0 Å². The van der Waals surface area contributed by atoms with Gasteiger partial charge in [-0.3, -0.25) is 4.79 Å². The SMILES string of the molecule is CCCCC(CCC)N1C(=O)c2c(csc2-c2ccc(Br)cc2Br)S1(=O)=O. The number of nitrogens with zero attached hydrogens (tertiary/aromatic N) is 1. The predicted octanol–water partition coefficient (Wildman–Crippen LogP) is 6.44. The van der Waals surface area contributed by atoms with Crippen LogP contribution in [0.1, 0.15) is 56.3 Å². The fraction of sp³-hybridized carbons (Fsp3) is 0.421. The molecule has 0 radical (unpaired) electrons. The third-order valence-electron chi connectivity index (χ3n) is 4.73. The summed E-state index contributed by atoms with van der Waals surface area (Å²) in [6.07, 6.45) is 4.12. The summed E-state index contributed by atoms with van der Waals surface area (Å²) in [5.41, 5.74) is 1.15. The summed E-state index contributed by atoms with van der Waals surface area (Å²) in [7, 11) is -3.79. The molecule has 3 rings (SSSR count). The van der Waals surface area contributed by atoms with Gasteiger partial charge in [-0.2, -0.15) is 0 Å². The summed E-state index contributed by atoms with van der Waals surface area (Å²) in [4.78, 5) is 14.1. The smallest absolute Gasteiger partial charge is 0.268 e. The Morgan fingerprint density at radius 2 is 1.89 bits per heavy atom. The molecule has 0 fully saturated rings. The van der Waals surface area contributed by atoms with Crippen LogP contribution in [0.4, 0.5) is 0 Å². The minimum atomic E-state index is -3.79. The lowest BCUT2D eigenvalue weighted by molar-refractivity contribution is 0.0822. The van der Waals surface area contributed by atoms with Gasteiger partial charge in [-0.05, 0) is 25.0 Å². The van der Waals surface area contributed by atoms with Crippen LogP contribution in [-0.2, 0) is 10.0 Å².